The molecule has 0 aliphatic rings. The van der Waals surface area contributed by atoms with E-state index in [0.29, 0.717) is 12.3 Å². The molecule has 0 saturated heterocycles. The summed E-state index contributed by atoms with van der Waals surface area (Å²) in [6.07, 6.45) is 0.116. The van der Waals surface area contributed by atoms with E-state index in [1.807, 2.05) is 62.4 Å². The fourth-order valence-electron chi connectivity index (χ4n) is 2.35. The van der Waals surface area contributed by atoms with Crippen molar-refractivity contribution in [3.63, 3.8) is 0 Å². The lowest BCUT2D eigenvalue weighted by molar-refractivity contribution is -0.122. The Morgan fingerprint density at radius 2 is 1.83 bits per heavy atom. The summed E-state index contributed by atoms with van der Waals surface area (Å²) in [6.45, 7) is 8.25. The molecule has 1 atom stereocenters. The number of ether oxygens (including phenoxy) is 1. The van der Waals surface area contributed by atoms with Gasteiger partial charge in [0.1, 0.15) is 5.75 Å². The van der Waals surface area contributed by atoms with Crippen LogP contribution in [0.3, 0.4) is 0 Å². The van der Waals surface area contributed by atoms with Crippen molar-refractivity contribution in [2.45, 2.75) is 46.1 Å². The first-order valence-corrected chi connectivity index (χ1v) is 8.13. The van der Waals surface area contributed by atoms with E-state index < -0.39 is 6.10 Å². The average Bonchev–Trinajstić information content (AvgIpc) is 2.53. The lowest BCUT2D eigenvalue weighted by Crippen LogP contribution is -2.32. The smallest absolute Gasteiger partial charge is 0.265 e. The molecule has 23 heavy (non-hydrogen) atoms. The number of hydrogen-bond acceptors (Lipinski definition) is 2. The van der Waals surface area contributed by atoms with Crippen LogP contribution in [0.1, 0.15) is 44.2 Å². The van der Waals surface area contributed by atoms with Crippen LogP contribution in [0.4, 0.5) is 5.69 Å². The first kappa shape index (κ1) is 17.1. The molecule has 122 valence electrons. The Kier molecular flexibility index (Phi) is 5.80. The van der Waals surface area contributed by atoms with Crippen LogP contribution in [0, 0.1) is 6.92 Å². The molecule has 2 rings (SSSR count). The second-order valence-electron chi connectivity index (χ2n) is 6.10. The van der Waals surface area contributed by atoms with Gasteiger partial charge in [-0.2, -0.15) is 0 Å². The summed E-state index contributed by atoms with van der Waals surface area (Å²) in [4.78, 5) is 12.4. The minimum absolute atomic E-state index is 0.119. The standard InChI is InChI=1S/C20H25NO2/c1-5-19(23-18-8-6-7-15(4)13-18)20(22)21-17-11-9-16(10-12-17)14(2)3/h6-14,19H,5H2,1-4H3,(H,21,22)/t19-/m0/s1. The SMILES string of the molecule is CC[C@H](Oc1cccc(C)c1)C(=O)Nc1ccc(C(C)C)cc1. The third kappa shape index (κ3) is 4.85. The minimum Gasteiger partial charge on any atom is -0.481 e. The van der Waals surface area contributed by atoms with Crippen molar-refractivity contribution < 1.29 is 9.53 Å². The van der Waals surface area contributed by atoms with Crippen LogP contribution in [0.2, 0.25) is 0 Å². The van der Waals surface area contributed by atoms with E-state index in [1.165, 1.54) is 5.56 Å². The zero-order valence-corrected chi connectivity index (χ0v) is 14.3. The Morgan fingerprint density at radius 3 is 2.39 bits per heavy atom. The topological polar surface area (TPSA) is 38.3 Å². The molecule has 2 aromatic carbocycles. The van der Waals surface area contributed by atoms with E-state index in [-0.39, 0.29) is 5.91 Å². The molecule has 0 aliphatic carbocycles. The summed E-state index contributed by atoms with van der Waals surface area (Å²) >= 11 is 0. The number of aryl methyl sites for hydroxylation is 1. The Hall–Kier alpha value is -2.29. The van der Waals surface area contributed by atoms with Crippen LogP contribution in [0.25, 0.3) is 0 Å². The molecule has 0 spiro atoms. The maximum atomic E-state index is 12.4. The number of rotatable bonds is 6. The van der Waals surface area contributed by atoms with Crippen LogP contribution in [0.5, 0.6) is 5.75 Å². The molecule has 0 aliphatic heterocycles. The third-order valence-electron chi connectivity index (χ3n) is 3.78. The quantitative estimate of drug-likeness (QED) is 0.822. The Labute approximate surface area is 138 Å². The molecule has 2 aromatic rings. The molecule has 1 N–H and O–H groups in total. The van der Waals surface area contributed by atoms with Crippen LogP contribution >= 0.6 is 0 Å². The molecule has 0 aromatic heterocycles. The largest absolute Gasteiger partial charge is 0.481 e. The van der Waals surface area contributed by atoms with E-state index in [0.717, 1.165) is 17.0 Å². The first-order valence-electron chi connectivity index (χ1n) is 8.13. The van der Waals surface area contributed by atoms with Crippen LogP contribution < -0.4 is 10.1 Å². The number of nitrogens with one attached hydrogen (secondary N) is 1. The van der Waals surface area contributed by atoms with Gasteiger partial charge in [-0.1, -0.05) is 45.0 Å². The molecule has 0 bridgehead atoms. The number of benzene rings is 2. The normalized spacial score (nSPS) is 12.0. The summed E-state index contributed by atoms with van der Waals surface area (Å²) in [7, 11) is 0. The number of carbonyl (C=O) groups excluding carboxylic acids is 1. The predicted octanol–water partition coefficient (Wildman–Crippen LogP) is 4.91. The molecule has 0 heterocycles. The monoisotopic (exact) mass is 311 g/mol. The maximum absolute atomic E-state index is 12.4. The van der Waals surface area contributed by atoms with Gasteiger partial charge in [0.25, 0.3) is 5.91 Å². The van der Waals surface area contributed by atoms with Gasteiger partial charge >= 0.3 is 0 Å². The Bertz CT molecular complexity index is 647. The molecular weight excluding hydrogens is 286 g/mol. The van der Waals surface area contributed by atoms with Gasteiger partial charge in [-0.25, -0.2) is 0 Å². The van der Waals surface area contributed by atoms with Gasteiger partial charge in [0, 0.05) is 5.69 Å². The highest BCUT2D eigenvalue weighted by Crippen LogP contribution is 2.19. The van der Waals surface area contributed by atoms with Crippen LogP contribution in [0.15, 0.2) is 48.5 Å². The lowest BCUT2D eigenvalue weighted by Gasteiger charge is -2.18. The molecule has 0 unspecified atom stereocenters. The van der Waals surface area contributed by atoms with Gasteiger partial charge < -0.3 is 10.1 Å². The van der Waals surface area contributed by atoms with Gasteiger partial charge in [0.15, 0.2) is 6.10 Å². The van der Waals surface area contributed by atoms with Gasteiger partial charge in [-0.05, 0) is 54.7 Å². The van der Waals surface area contributed by atoms with Crippen LogP contribution in [-0.4, -0.2) is 12.0 Å². The molecule has 3 heteroatoms. The van der Waals surface area contributed by atoms with Crippen molar-refractivity contribution >= 4 is 11.6 Å². The van der Waals surface area contributed by atoms with E-state index in [9.17, 15) is 4.79 Å². The molecule has 0 saturated carbocycles. The fourth-order valence-corrected chi connectivity index (χ4v) is 2.35. The van der Waals surface area contributed by atoms with Gasteiger partial charge in [0.2, 0.25) is 0 Å². The van der Waals surface area contributed by atoms with Crippen molar-refractivity contribution in [3.8, 4) is 5.75 Å². The van der Waals surface area contributed by atoms with Gasteiger partial charge in [-0.15, -0.1) is 0 Å². The van der Waals surface area contributed by atoms with Gasteiger partial charge in [-0.3, -0.25) is 4.79 Å². The first-order chi connectivity index (χ1) is 11.0. The van der Waals surface area contributed by atoms with Crippen LogP contribution in [-0.2, 0) is 4.79 Å². The van der Waals surface area contributed by atoms with E-state index in [2.05, 4.69) is 19.2 Å². The fraction of sp³-hybridized carbons (Fsp3) is 0.350. The Balaban J connectivity index is 2.02. The minimum atomic E-state index is -0.499. The highest BCUT2D eigenvalue weighted by atomic mass is 16.5. The summed E-state index contributed by atoms with van der Waals surface area (Å²) in [6, 6.07) is 15.7. The molecule has 3 nitrogen and oxygen atoms in total. The van der Waals surface area contributed by atoms with Crippen molar-refractivity contribution in [1.29, 1.82) is 0 Å². The van der Waals surface area contributed by atoms with Crippen molar-refractivity contribution in [2.24, 2.45) is 0 Å². The maximum Gasteiger partial charge on any atom is 0.265 e. The summed E-state index contributed by atoms with van der Waals surface area (Å²) in [5.41, 5.74) is 3.17. The summed E-state index contributed by atoms with van der Waals surface area (Å²) in [5.74, 6) is 1.08. The second kappa shape index (κ2) is 7.82. The van der Waals surface area contributed by atoms with Crippen molar-refractivity contribution in [2.75, 3.05) is 5.32 Å². The van der Waals surface area contributed by atoms with E-state index in [4.69, 9.17) is 4.74 Å². The molecule has 1 amide bonds. The molecule has 0 fully saturated rings. The number of anilines is 1. The summed E-state index contributed by atoms with van der Waals surface area (Å²) < 4.78 is 5.83. The zero-order chi connectivity index (χ0) is 16.8. The Morgan fingerprint density at radius 1 is 1.13 bits per heavy atom. The van der Waals surface area contributed by atoms with Crippen molar-refractivity contribution in [3.05, 3.63) is 59.7 Å². The highest BCUT2D eigenvalue weighted by molar-refractivity contribution is 5.94. The van der Waals surface area contributed by atoms with Gasteiger partial charge in [0.05, 0.1) is 0 Å². The third-order valence-corrected chi connectivity index (χ3v) is 3.78. The lowest BCUT2D eigenvalue weighted by atomic mass is 10.0. The average molecular weight is 311 g/mol. The number of amides is 1. The van der Waals surface area contributed by atoms with E-state index >= 15 is 0 Å². The number of carbonyl (C=O) groups is 1. The highest BCUT2D eigenvalue weighted by Gasteiger charge is 2.18. The predicted molar refractivity (Wildman–Crippen MR) is 95.0 cm³/mol. The zero-order valence-electron chi connectivity index (χ0n) is 14.3. The van der Waals surface area contributed by atoms with E-state index in [1.54, 1.807) is 0 Å². The summed E-state index contributed by atoms with van der Waals surface area (Å²) in [5, 5.41) is 2.93. The number of hydrogen-bond donors (Lipinski definition) is 1. The molecular formula is C20H25NO2. The van der Waals surface area contributed by atoms with Crippen molar-refractivity contribution in [1.82, 2.24) is 0 Å². The molecule has 0 radical (unpaired) electrons. The second-order valence-corrected chi connectivity index (χ2v) is 6.10.